The molecule has 0 saturated carbocycles. The highest BCUT2D eigenvalue weighted by Gasteiger charge is 2.24. The minimum absolute atomic E-state index is 0.124. The predicted molar refractivity (Wildman–Crippen MR) is 88.3 cm³/mol. The standard InChI is InChI=1S/C13H18F2N4O3S2/c1-13(2,3)17-12(23)19-18-10(20)7-16-24(21,22)11-8(14)5-4-6-9(11)15/h4-6,16H,7H2,1-3H3,(H,18,20)(H2,17,19,23). The molecule has 0 atom stereocenters. The number of rotatable bonds is 4. The zero-order valence-corrected chi connectivity index (χ0v) is 14.9. The molecule has 1 rings (SSSR count). The lowest BCUT2D eigenvalue weighted by molar-refractivity contribution is -0.120. The molecule has 0 aromatic heterocycles. The van der Waals surface area contributed by atoms with E-state index in [0.717, 1.165) is 18.2 Å². The molecule has 0 aliphatic rings. The summed E-state index contributed by atoms with van der Waals surface area (Å²) >= 11 is 4.91. The highest BCUT2D eigenvalue weighted by molar-refractivity contribution is 7.89. The largest absolute Gasteiger partial charge is 0.357 e. The van der Waals surface area contributed by atoms with Gasteiger partial charge in [0.15, 0.2) is 10.0 Å². The van der Waals surface area contributed by atoms with Gasteiger partial charge in [-0.05, 0) is 45.1 Å². The topological polar surface area (TPSA) is 99.3 Å². The first kappa shape index (κ1) is 20.2. The molecule has 0 spiro atoms. The molecule has 4 N–H and O–H groups in total. The molecule has 0 saturated heterocycles. The maximum absolute atomic E-state index is 13.5. The fraction of sp³-hybridized carbons (Fsp3) is 0.385. The first-order valence-electron chi connectivity index (χ1n) is 6.73. The van der Waals surface area contributed by atoms with Crippen LogP contribution in [0.3, 0.4) is 0 Å². The Morgan fingerprint density at radius 2 is 1.71 bits per heavy atom. The van der Waals surface area contributed by atoms with E-state index in [0.29, 0.717) is 0 Å². The van der Waals surface area contributed by atoms with Crippen LogP contribution in [0, 0.1) is 11.6 Å². The maximum Gasteiger partial charge on any atom is 0.253 e. The van der Waals surface area contributed by atoms with Crippen molar-refractivity contribution in [2.45, 2.75) is 31.2 Å². The molecule has 0 radical (unpaired) electrons. The van der Waals surface area contributed by atoms with E-state index < -0.39 is 39.0 Å². The van der Waals surface area contributed by atoms with Crippen LogP contribution in [-0.2, 0) is 14.8 Å². The van der Waals surface area contributed by atoms with Crippen molar-refractivity contribution in [2.24, 2.45) is 0 Å². The summed E-state index contributed by atoms with van der Waals surface area (Å²) in [5.41, 5.74) is 4.19. The minimum Gasteiger partial charge on any atom is -0.357 e. The Kier molecular flexibility index (Phi) is 6.58. The number of thiocarbonyl (C=S) groups is 1. The van der Waals surface area contributed by atoms with Crippen molar-refractivity contribution in [2.75, 3.05) is 6.54 Å². The SMILES string of the molecule is CC(C)(C)NC(=S)NNC(=O)CNS(=O)(=O)c1c(F)cccc1F. The summed E-state index contributed by atoms with van der Waals surface area (Å²) in [6, 6.07) is 2.63. The van der Waals surface area contributed by atoms with Gasteiger partial charge in [0.05, 0.1) is 6.54 Å². The van der Waals surface area contributed by atoms with Crippen LogP contribution in [0.1, 0.15) is 20.8 Å². The first-order chi connectivity index (χ1) is 10.9. The lowest BCUT2D eigenvalue weighted by Crippen LogP contribution is -2.53. The Balaban J connectivity index is 2.59. The summed E-state index contributed by atoms with van der Waals surface area (Å²) in [7, 11) is -4.52. The fourth-order valence-electron chi connectivity index (χ4n) is 1.51. The molecule has 7 nitrogen and oxygen atoms in total. The number of hydrogen-bond acceptors (Lipinski definition) is 4. The normalized spacial score (nSPS) is 11.7. The van der Waals surface area contributed by atoms with Gasteiger partial charge in [0, 0.05) is 5.54 Å². The summed E-state index contributed by atoms with van der Waals surface area (Å²) in [4.78, 5) is 10.4. The molecule has 1 aromatic carbocycles. The first-order valence-corrected chi connectivity index (χ1v) is 8.62. The number of carbonyl (C=O) groups excluding carboxylic acids is 1. The third-order valence-electron chi connectivity index (χ3n) is 2.41. The maximum atomic E-state index is 13.5. The number of hydrogen-bond donors (Lipinski definition) is 4. The Morgan fingerprint density at radius 1 is 1.17 bits per heavy atom. The smallest absolute Gasteiger partial charge is 0.253 e. The van der Waals surface area contributed by atoms with Crippen molar-refractivity contribution in [1.29, 1.82) is 0 Å². The van der Waals surface area contributed by atoms with Crippen molar-refractivity contribution < 1.29 is 22.0 Å². The van der Waals surface area contributed by atoms with Crippen LogP contribution in [0.15, 0.2) is 23.1 Å². The van der Waals surface area contributed by atoms with Crippen LogP contribution in [0.5, 0.6) is 0 Å². The molecule has 0 fully saturated rings. The molecular formula is C13H18F2N4O3S2. The van der Waals surface area contributed by atoms with Crippen molar-refractivity contribution in [1.82, 2.24) is 20.9 Å². The van der Waals surface area contributed by atoms with Crippen molar-refractivity contribution in [3.05, 3.63) is 29.8 Å². The number of sulfonamides is 1. The van der Waals surface area contributed by atoms with E-state index in [4.69, 9.17) is 12.2 Å². The van der Waals surface area contributed by atoms with Crippen LogP contribution in [0.25, 0.3) is 0 Å². The van der Waals surface area contributed by atoms with Gasteiger partial charge in [-0.15, -0.1) is 0 Å². The second-order valence-electron chi connectivity index (χ2n) is 5.75. The van der Waals surface area contributed by atoms with Crippen LogP contribution in [-0.4, -0.2) is 31.5 Å². The molecule has 0 unspecified atom stereocenters. The molecule has 0 aliphatic heterocycles. The number of nitrogens with one attached hydrogen (secondary N) is 4. The van der Waals surface area contributed by atoms with Gasteiger partial charge in [-0.3, -0.25) is 15.6 Å². The summed E-state index contributed by atoms with van der Waals surface area (Å²) in [5.74, 6) is -3.30. The van der Waals surface area contributed by atoms with Crippen molar-refractivity contribution >= 4 is 33.3 Å². The van der Waals surface area contributed by atoms with E-state index in [1.165, 1.54) is 0 Å². The molecule has 0 bridgehead atoms. The predicted octanol–water partition coefficient (Wildman–Crippen LogP) is 0.537. The Hall–Kier alpha value is -1.85. The third kappa shape index (κ3) is 6.34. The second kappa shape index (κ2) is 7.81. The average Bonchev–Trinajstić information content (AvgIpc) is 2.40. The van der Waals surface area contributed by atoms with Gasteiger partial charge in [-0.1, -0.05) is 6.07 Å². The number of carbonyl (C=O) groups is 1. The van der Waals surface area contributed by atoms with E-state index in [-0.39, 0.29) is 10.7 Å². The van der Waals surface area contributed by atoms with Crippen LogP contribution >= 0.6 is 12.2 Å². The van der Waals surface area contributed by atoms with E-state index >= 15 is 0 Å². The Labute approximate surface area is 144 Å². The van der Waals surface area contributed by atoms with Crippen molar-refractivity contribution in [3.63, 3.8) is 0 Å². The summed E-state index contributed by atoms with van der Waals surface area (Å²) in [6.45, 7) is 4.81. The van der Waals surface area contributed by atoms with Crippen LogP contribution in [0.2, 0.25) is 0 Å². The van der Waals surface area contributed by atoms with Crippen LogP contribution < -0.4 is 20.9 Å². The highest BCUT2D eigenvalue weighted by atomic mass is 32.2. The fourth-order valence-corrected chi connectivity index (χ4v) is 2.99. The van der Waals surface area contributed by atoms with Gasteiger partial charge < -0.3 is 5.32 Å². The lowest BCUT2D eigenvalue weighted by Gasteiger charge is -2.23. The minimum atomic E-state index is -4.52. The van der Waals surface area contributed by atoms with Gasteiger partial charge in [-0.2, -0.15) is 0 Å². The number of hydrazine groups is 1. The Bertz CT molecular complexity index is 713. The molecule has 0 aliphatic carbocycles. The molecule has 134 valence electrons. The Morgan fingerprint density at radius 3 is 2.21 bits per heavy atom. The summed E-state index contributed by atoms with van der Waals surface area (Å²) in [6.07, 6.45) is 0. The number of amides is 1. The van der Waals surface area contributed by atoms with Gasteiger partial charge in [0.25, 0.3) is 5.91 Å². The van der Waals surface area contributed by atoms with Crippen LogP contribution in [0.4, 0.5) is 8.78 Å². The van der Waals surface area contributed by atoms with E-state index in [1.807, 2.05) is 20.8 Å². The molecule has 24 heavy (non-hydrogen) atoms. The lowest BCUT2D eigenvalue weighted by atomic mass is 10.1. The zero-order valence-electron chi connectivity index (χ0n) is 13.2. The highest BCUT2D eigenvalue weighted by Crippen LogP contribution is 2.17. The van der Waals surface area contributed by atoms with Crippen molar-refractivity contribution in [3.8, 4) is 0 Å². The van der Waals surface area contributed by atoms with E-state index in [2.05, 4.69) is 16.2 Å². The number of halogens is 2. The monoisotopic (exact) mass is 380 g/mol. The van der Waals surface area contributed by atoms with Gasteiger partial charge >= 0.3 is 0 Å². The second-order valence-corrected chi connectivity index (χ2v) is 7.86. The molecular weight excluding hydrogens is 362 g/mol. The molecule has 1 amide bonds. The van der Waals surface area contributed by atoms with Gasteiger partial charge in [-0.25, -0.2) is 21.9 Å². The zero-order chi connectivity index (χ0) is 18.5. The van der Waals surface area contributed by atoms with Gasteiger partial charge in [0.2, 0.25) is 10.0 Å². The summed E-state index contributed by atoms with van der Waals surface area (Å²) in [5, 5.41) is 2.98. The van der Waals surface area contributed by atoms with E-state index in [1.54, 1.807) is 4.72 Å². The molecule has 11 heteroatoms. The van der Waals surface area contributed by atoms with E-state index in [9.17, 15) is 22.0 Å². The quantitative estimate of drug-likeness (QED) is 0.449. The average molecular weight is 380 g/mol. The van der Waals surface area contributed by atoms with Gasteiger partial charge in [0.1, 0.15) is 11.6 Å². The summed E-state index contributed by atoms with van der Waals surface area (Å²) < 4.78 is 52.5. The molecule has 1 aromatic rings. The number of benzene rings is 1. The third-order valence-corrected chi connectivity index (χ3v) is 4.07. The molecule has 0 heterocycles.